The predicted octanol–water partition coefficient (Wildman–Crippen LogP) is 6.66. The largest absolute Gasteiger partial charge is 0.495 e. The number of aliphatic hydroxyl groups excluding tert-OH is 1. The zero-order valence-corrected chi connectivity index (χ0v) is 33.8. The molecule has 15 heteroatoms. The van der Waals surface area contributed by atoms with Gasteiger partial charge in [0.15, 0.2) is 12.4 Å². The number of amides is 1. The highest BCUT2D eigenvalue weighted by Crippen LogP contribution is 2.45. The highest BCUT2D eigenvalue weighted by molar-refractivity contribution is 6.67. The van der Waals surface area contributed by atoms with Crippen molar-refractivity contribution in [2.75, 3.05) is 20.3 Å². The highest BCUT2D eigenvalue weighted by Gasteiger charge is 2.47. The van der Waals surface area contributed by atoms with Crippen molar-refractivity contribution < 1.29 is 43.2 Å². The molecule has 1 saturated heterocycles. The van der Waals surface area contributed by atoms with Crippen molar-refractivity contribution in [2.24, 2.45) is 23.0 Å². The Morgan fingerprint density at radius 2 is 1.74 bits per heavy atom. The van der Waals surface area contributed by atoms with Crippen molar-refractivity contribution in [3.05, 3.63) is 76.8 Å². The molecule has 0 aromatic heterocycles. The van der Waals surface area contributed by atoms with E-state index in [1.807, 2.05) is 51.1 Å². The van der Waals surface area contributed by atoms with Gasteiger partial charge >= 0.3 is 11.9 Å². The molecule has 11 nitrogen and oxygen atoms in total. The van der Waals surface area contributed by atoms with Crippen LogP contribution in [0.15, 0.2) is 60.7 Å². The number of carbonyl (C=O) groups excluding carboxylic acids is 3. The van der Waals surface area contributed by atoms with E-state index < -0.39 is 58.2 Å². The minimum absolute atomic E-state index is 0.00770. The Kier molecular flexibility index (Phi) is 17.2. The molecule has 4 N–H and O–H groups in total. The topological polar surface area (TPSA) is 159 Å². The Labute approximate surface area is 331 Å². The van der Waals surface area contributed by atoms with Gasteiger partial charge in [0.1, 0.15) is 24.5 Å². The summed E-state index contributed by atoms with van der Waals surface area (Å²) in [4.78, 5) is 39.2. The van der Waals surface area contributed by atoms with Crippen molar-refractivity contribution >= 4 is 64.2 Å². The highest BCUT2D eigenvalue weighted by atomic mass is 35.6. The van der Waals surface area contributed by atoms with Crippen molar-refractivity contribution in [1.82, 2.24) is 5.32 Å². The van der Waals surface area contributed by atoms with Gasteiger partial charge in [0.05, 0.1) is 29.8 Å². The van der Waals surface area contributed by atoms with Crippen LogP contribution in [0.4, 0.5) is 0 Å². The monoisotopic (exact) mass is 818 g/mol. The molecule has 2 aromatic carbocycles. The molecular weight excluding hydrogens is 770 g/mol. The summed E-state index contributed by atoms with van der Waals surface area (Å²) in [6.45, 7) is 8.66. The number of carbonyl (C=O) groups is 3. The van der Waals surface area contributed by atoms with Gasteiger partial charge < -0.3 is 39.8 Å². The number of hydrogen-bond donors (Lipinski definition) is 3. The quantitative estimate of drug-likeness (QED) is 0.0434. The van der Waals surface area contributed by atoms with Crippen LogP contribution in [0.5, 0.6) is 5.75 Å². The maximum absolute atomic E-state index is 13.2. The first-order valence-corrected chi connectivity index (χ1v) is 18.8. The molecule has 2 aromatic rings. The molecule has 3 rings (SSSR count). The van der Waals surface area contributed by atoms with E-state index in [-0.39, 0.29) is 43.4 Å². The third-order valence-electron chi connectivity index (χ3n) is 8.69. The molecular formula is C38H50Cl4N2O9. The van der Waals surface area contributed by atoms with E-state index in [0.29, 0.717) is 22.8 Å². The lowest BCUT2D eigenvalue weighted by atomic mass is 9.93. The SMILES string of the molecule is COc1ccc(C[C@@H](NC(=O)/C=C/C[C@H](OC(O)[C@H](CC(C)C)OC(=O)C(C)(C)CN)[C@H](C)[C@H]2O[C@@H]2c2ccccc2)C(=O)OCC(Cl)(Cl)Cl)cc1Cl. The average Bonchev–Trinajstić information content (AvgIpc) is 3.90. The molecule has 0 aliphatic carbocycles. The number of aliphatic hydroxyl groups is 1. The van der Waals surface area contributed by atoms with Gasteiger partial charge in [-0.3, -0.25) is 9.59 Å². The smallest absolute Gasteiger partial charge is 0.329 e. The van der Waals surface area contributed by atoms with Gasteiger partial charge in [-0.25, -0.2) is 4.79 Å². The summed E-state index contributed by atoms with van der Waals surface area (Å²) in [7, 11) is 1.48. The second-order valence-corrected chi connectivity index (χ2v) is 17.0. The molecule has 294 valence electrons. The zero-order valence-electron chi connectivity index (χ0n) is 30.7. The number of nitrogens with one attached hydrogen (secondary N) is 1. The Morgan fingerprint density at radius 3 is 2.32 bits per heavy atom. The first kappa shape index (κ1) is 44.8. The van der Waals surface area contributed by atoms with E-state index in [1.54, 1.807) is 38.1 Å². The van der Waals surface area contributed by atoms with E-state index in [2.05, 4.69) is 5.32 Å². The summed E-state index contributed by atoms with van der Waals surface area (Å²) in [6.07, 6.45) is -0.271. The summed E-state index contributed by atoms with van der Waals surface area (Å²) in [5.41, 5.74) is 6.44. The van der Waals surface area contributed by atoms with E-state index >= 15 is 0 Å². The molecule has 0 bridgehead atoms. The molecule has 1 unspecified atom stereocenters. The minimum atomic E-state index is -1.86. The Balaban J connectivity index is 1.80. The van der Waals surface area contributed by atoms with Gasteiger partial charge in [-0.15, -0.1) is 0 Å². The van der Waals surface area contributed by atoms with Crippen molar-refractivity contribution in [2.45, 2.75) is 94.4 Å². The van der Waals surface area contributed by atoms with Gasteiger partial charge in [0.2, 0.25) is 9.70 Å². The summed E-state index contributed by atoms with van der Waals surface area (Å²) in [5, 5.41) is 14.3. The molecule has 1 aliphatic rings. The van der Waals surface area contributed by atoms with Gasteiger partial charge in [0, 0.05) is 18.9 Å². The van der Waals surface area contributed by atoms with Crippen molar-refractivity contribution in [3.8, 4) is 5.75 Å². The number of rotatable bonds is 20. The fourth-order valence-electron chi connectivity index (χ4n) is 5.42. The van der Waals surface area contributed by atoms with Crippen LogP contribution in [0.1, 0.15) is 64.7 Å². The van der Waals surface area contributed by atoms with E-state index in [4.69, 9.17) is 75.8 Å². The lowest BCUT2D eigenvalue weighted by Gasteiger charge is -2.32. The first-order chi connectivity index (χ1) is 24.8. The number of methoxy groups -OCH3 is 1. The van der Waals surface area contributed by atoms with Gasteiger partial charge in [-0.1, -0.05) is 110 Å². The second kappa shape index (κ2) is 20.3. The van der Waals surface area contributed by atoms with E-state index in [9.17, 15) is 19.5 Å². The number of alkyl halides is 3. The standard InChI is InChI=1S/C38H50Cl4N2O9/c1-22(2)17-30(52-36(48)37(4,5)20-43)35(47)51-28(23(3)32-33(53-32)25-11-8-7-9-12-25)13-10-14-31(45)44-27(34(46)50-21-38(40,41)42)19-24-15-16-29(49-6)26(39)18-24/h7-12,14-16,18,22-23,27-28,30,32-33,35,47H,13,17,19-21,43H2,1-6H3,(H,44,45)/b14-10+/t23-,27+,28-,30-,32+,33+,35?/m0/s1. The number of benzene rings is 2. The van der Waals surface area contributed by atoms with Gasteiger partial charge in [-0.05, 0) is 61.9 Å². The third kappa shape index (κ3) is 14.5. The predicted molar refractivity (Wildman–Crippen MR) is 205 cm³/mol. The molecule has 1 amide bonds. The number of hydrogen-bond acceptors (Lipinski definition) is 10. The van der Waals surface area contributed by atoms with Crippen LogP contribution in [0.3, 0.4) is 0 Å². The molecule has 1 aliphatic heterocycles. The number of esters is 2. The van der Waals surface area contributed by atoms with E-state index in [0.717, 1.165) is 5.56 Å². The fraction of sp³-hybridized carbons (Fsp3) is 0.553. The third-order valence-corrected chi connectivity index (χ3v) is 9.31. The van der Waals surface area contributed by atoms with Crippen LogP contribution < -0.4 is 15.8 Å². The molecule has 0 spiro atoms. The maximum atomic E-state index is 13.2. The van der Waals surface area contributed by atoms with Crippen LogP contribution in [-0.4, -0.2) is 77.7 Å². The Morgan fingerprint density at radius 1 is 1.06 bits per heavy atom. The normalized spacial score (nSPS) is 18.9. The molecule has 1 heterocycles. The lowest BCUT2D eigenvalue weighted by molar-refractivity contribution is -0.218. The second-order valence-electron chi connectivity index (χ2n) is 14.1. The number of ether oxygens (including phenoxy) is 5. The Hall–Kier alpha value is -2.61. The molecule has 53 heavy (non-hydrogen) atoms. The molecule has 0 radical (unpaired) electrons. The molecule has 1 fully saturated rings. The average molecular weight is 821 g/mol. The number of nitrogens with two attached hydrogens (primary N) is 1. The van der Waals surface area contributed by atoms with Crippen molar-refractivity contribution in [1.29, 1.82) is 0 Å². The Bertz CT molecular complexity index is 1540. The maximum Gasteiger partial charge on any atom is 0.329 e. The van der Waals surface area contributed by atoms with Crippen LogP contribution >= 0.6 is 46.4 Å². The van der Waals surface area contributed by atoms with Crippen molar-refractivity contribution in [3.63, 3.8) is 0 Å². The van der Waals surface area contributed by atoms with Crippen LogP contribution in [-0.2, 0) is 39.8 Å². The van der Waals surface area contributed by atoms with Crippen LogP contribution in [0.25, 0.3) is 0 Å². The summed E-state index contributed by atoms with van der Waals surface area (Å²) < 4.78 is 26.6. The zero-order chi connectivity index (χ0) is 39.5. The first-order valence-electron chi connectivity index (χ1n) is 17.3. The van der Waals surface area contributed by atoms with Gasteiger partial charge in [-0.2, -0.15) is 0 Å². The lowest BCUT2D eigenvalue weighted by Crippen LogP contribution is -2.44. The van der Waals surface area contributed by atoms with Gasteiger partial charge in [0.25, 0.3) is 0 Å². The molecule has 7 atom stereocenters. The van der Waals surface area contributed by atoms with Crippen LogP contribution in [0.2, 0.25) is 5.02 Å². The van der Waals surface area contributed by atoms with Crippen LogP contribution in [0, 0.1) is 17.3 Å². The number of halogens is 4. The minimum Gasteiger partial charge on any atom is -0.495 e. The number of epoxide rings is 1. The summed E-state index contributed by atoms with van der Waals surface area (Å²) >= 11 is 23.6. The molecule has 0 saturated carbocycles. The van der Waals surface area contributed by atoms with E-state index in [1.165, 1.54) is 13.2 Å². The summed E-state index contributed by atoms with van der Waals surface area (Å²) in [5.74, 6) is -1.78. The fourth-order valence-corrected chi connectivity index (χ4v) is 5.87. The summed E-state index contributed by atoms with van der Waals surface area (Å²) in [6, 6.07) is 13.5.